The van der Waals surface area contributed by atoms with Gasteiger partial charge < -0.3 is 19.1 Å². The Kier molecular flexibility index (Phi) is 5.13. The van der Waals surface area contributed by atoms with Crippen LogP contribution in [-0.4, -0.2) is 39.9 Å². The van der Waals surface area contributed by atoms with Gasteiger partial charge in [0.15, 0.2) is 0 Å². The van der Waals surface area contributed by atoms with E-state index in [2.05, 4.69) is 0 Å². The topological polar surface area (TPSA) is 48.0 Å². The molecule has 0 spiro atoms. The molecule has 1 aliphatic rings. The number of amides is 1. The molecule has 126 valence electrons. The van der Waals surface area contributed by atoms with E-state index in [4.69, 9.17) is 14.2 Å². The Labute approximate surface area is 141 Å². The predicted octanol–water partition coefficient (Wildman–Crippen LogP) is 2.87. The zero-order valence-corrected chi connectivity index (χ0v) is 14.0. The summed E-state index contributed by atoms with van der Waals surface area (Å²) in [5, 5.41) is 0. The quantitative estimate of drug-likeness (QED) is 0.847. The van der Waals surface area contributed by atoms with E-state index >= 15 is 0 Å². The molecule has 1 amide bonds. The number of methoxy groups -OCH3 is 2. The van der Waals surface area contributed by atoms with Crippen molar-refractivity contribution in [1.29, 1.82) is 0 Å². The van der Waals surface area contributed by atoms with Crippen LogP contribution in [0.2, 0.25) is 0 Å². The molecule has 0 radical (unpaired) electrons. The third-order valence-electron chi connectivity index (χ3n) is 4.10. The van der Waals surface area contributed by atoms with Crippen LogP contribution in [0.4, 0.5) is 5.69 Å². The van der Waals surface area contributed by atoms with Crippen LogP contribution in [0.3, 0.4) is 0 Å². The largest absolute Gasteiger partial charge is 0.497 e. The molecule has 1 heterocycles. The Bertz CT molecular complexity index is 712. The fourth-order valence-electron chi connectivity index (χ4n) is 2.79. The lowest BCUT2D eigenvalue weighted by molar-refractivity contribution is -0.123. The lowest BCUT2D eigenvalue weighted by atomic mass is 10.0. The summed E-state index contributed by atoms with van der Waals surface area (Å²) in [4.78, 5) is 14.1. The van der Waals surface area contributed by atoms with Crippen LogP contribution in [0.5, 0.6) is 5.75 Å². The predicted molar refractivity (Wildman–Crippen MR) is 92.3 cm³/mol. The summed E-state index contributed by atoms with van der Waals surface area (Å²) in [6.07, 6.45) is 0. The van der Waals surface area contributed by atoms with E-state index < -0.39 is 0 Å². The highest BCUT2D eigenvalue weighted by Gasteiger charge is 2.22. The van der Waals surface area contributed by atoms with E-state index in [0.717, 1.165) is 28.1 Å². The molecule has 24 heavy (non-hydrogen) atoms. The molecule has 0 aromatic heterocycles. The zero-order valence-electron chi connectivity index (χ0n) is 14.0. The number of hydrogen-bond acceptors (Lipinski definition) is 4. The van der Waals surface area contributed by atoms with Gasteiger partial charge in [0.05, 0.1) is 20.3 Å². The number of ether oxygens (including phenoxy) is 3. The van der Waals surface area contributed by atoms with Crippen molar-refractivity contribution in [3.8, 4) is 16.9 Å². The van der Waals surface area contributed by atoms with E-state index in [1.54, 1.807) is 19.1 Å². The van der Waals surface area contributed by atoms with Gasteiger partial charge >= 0.3 is 0 Å². The normalized spacial score (nSPS) is 14.2. The molecule has 1 aliphatic heterocycles. The van der Waals surface area contributed by atoms with Crippen LogP contribution in [0.1, 0.15) is 5.56 Å². The second-order valence-corrected chi connectivity index (χ2v) is 5.60. The van der Waals surface area contributed by atoms with E-state index in [9.17, 15) is 4.79 Å². The Morgan fingerprint density at radius 3 is 2.50 bits per heavy atom. The van der Waals surface area contributed by atoms with E-state index in [1.165, 1.54) is 0 Å². The number of benzene rings is 2. The highest BCUT2D eigenvalue weighted by atomic mass is 16.5. The van der Waals surface area contributed by atoms with Gasteiger partial charge in [-0.3, -0.25) is 4.79 Å². The van der Waals surface area contributed by atoms with Gasteiger partial charge in [0.1, 0.15) is 12.4 Å². The number of carbonyl (C=O) groups excluding carboxylic acids is 1. The van der Waals surface area contributed by atoms with Gasteiger partial charge in [-0.05, 0) is 29.3 Å². The Hall–Kier alpha value is -2.37. The van der Waals surface area contributed by atoms with Crippen molar-refractivity contribution in [1.82, 2.24) is 0 Å². The van der Waals surface area contributed by atoms with Crippen molar-refractivity contribution in [2.24, 2.45) is 0 Å². The third-order valence-corrected chi connectivity index (χ3v) is 4.10. The number of anilines is 1. The van der Waals surface area contributed by atoms with Gasteiger partial charge in [-0.2, -0.15) is 0 Å². The molecule has 0 unspecified atom stereocenters. The average Bonchev–Trinajstić information content (AvgIpc) is 2.78. The zero-order chi connectivity index (χ0) is 16.9. The molecule has 5 nitrogen and oxygen atoms in total. The SMILES string of the molecule is COCCN1C(=O)COCc2ccc(-c3ccc(OC)cc3)cc21. The number of nitrogens with zero attached hydrogens (tertiary/aromatic N) is 1. The smallest absolute Gasteiger partial charge is 0.253 e. The van der Waals surface area contributed by atoms with Crippen LogP contribution in [0.25, 0.3) is 11.1 Å². The van der Waals surface area contributed by atoms with E-state index in [0.29, 0.717) is 19.8 Å². The molecule has 0 atom stereocenters. The summed E-state index contributed by atoms with van der Waals surface area (Å²) in [7, 11) is 3.28. The fourth-order valence-corrected chi connectivity index (χ4v) is 2.79. The molecule has 0 fully saturated rings. The van der Waals surface area contributed by atoms with Crippen molar-refractivity contribution in [3.05, 3.63) is 48.0 Å². The Morgan fingerprint density at radius 2 is 1.79 bits per heavy atom. The number of carbonyl (C=O) groups is 1. The molecule has 3 rings (SSSR count). The molecule has 0 bridgehead atoms. The van der Waals surface area contributed by atoms with Crippen LogP contribution >= 0.6 is 0 Å². The monoisotopic (exact) mass is 327 g/mol. The standard InChI is InChI=1S/C19H21NO4/c1-22-10-9-20-18-11-15(14-5-7-17(23-2)8-6-14)3-4-16(18)12-24-13-19(20)21/h3-8,11H,9-10,12-13H2,1-2H3. The second-order valence-electron chi connectivity index (χ2n) is 5.60. The van der Waals surface area contributed by atoms with Gasteiger partial charge in [0.2, 0.25) is 0 Å². The van der Waals surface area contributed by atoms with Crippen molar-refractivity contribution >= 4 is 11.6 Å². The highest BCUT2D eigenvalue weighted by Crippen LogP contribution is 2.31. The summed E-state index contributed by atoms with van der Waals surface area (Å²) in [5.74, 6) is 0.775. The summed E-state index contributed by atoms with van der Waals surface area (Å²) in [6.45, 7) is 1.53. The molecule has 0 aliphatic carbocycles. The lowest BCUT2D eigenvalue weighted by Crippen LogP contribution is -2.35. The van der Waals surface area contributed by atoms with Crippen molar-refractivity contribution in [2.45, 2.75) is 6.61 Å². The lowest BCUT2D eigenvalue weighted by Gasteiger charge is -2.22. The first-order valence-electron chi connectivity index (χ1n) is 7.87. The van der Waals surface area contributed by atoms with Crippen LogP contribution in [0, 0.1) is 0 Å². The number of hydrogen-bond donors (Lipinski definition) is 0. The molecule has 2 aromatic rings. The van der Waals surface area contributed by atoms with Gasteiger partial charge in [0.25, 0.3) is 5.91 Å². The summed E-state index contributed by atoms with van der Waals surface area (Å²) >= 11 is 0. The Morgan fingerprint density at radius 1 is 1.04 bits per heavy atom. The first-order chi connectivity index (χ1) is 11.7. The summed E-state index contributed by atoms with van der Waals surface area (Å²) < 4.78 is 15.8. The van der Waals surface area contributed by atoms with Crippen molar-refractivity contribution < 1.29 is 19.0 Å². The van der Waals surface area contributed by atoms with E-state index in [-0.39, 0.29) is 12.5 Å². The first kappa shape index (κ1) is 16.5. The number of fused-ring (bicyclic) bond motifs is 1. The minimum Gasteiger partial charge on any atom is -0.497 e. The number of rotatable bonds is 5. The Balaban J connectivity index is 1.98. The van der Waals surface area contributed by atoms with Gasteiger partial charge in [-0.25, -0.2) is 0 Å². The average molecular weight is 327 g/mol. The highest BCUT2D eigenvalue weighted by molar-refractivity contribution is 5.96. The van der Waals surface area contributed by atoms with Crippen molar-refractivity contribution in [2.75, 3.05) is 38.9 Å². The van der Waals surface area contributed by atoms with Gasteiger partial charge in [0, 0.05) is 24.9 Å². The van der Waals surface area contributed by atoms with Gasteiger partial charge in [-0.15, -0.1) is 0 Å². The molecule has 0 saturated heterocycles. The minimum absolute atomic E-state index is 0.0438. The second kappa shape index (κ2) is 7.47. The molecule has 0 saturated carbocycles. The van der Waals surface area contributed by atoms with Crippen molar-refractivity contribution in [3.63, 3.8) is 0 Å². The summed E-state index contributed by atoms with van der Waals surface area (Å²) in [6, 6.07) is 14.0. The van der Waals surface area contributed by atoms with E-state index in [1.807, 2.05) is 42.5 Å². The maximum atomic E-state index is 12.3. The minimum atomic E-state index is -0.0438. The molecule has 5 heteroatoms. The first-order valence-corrected chi connectivity index (χ1v) is 7.87. The maximum Gasteiger partial charge on any atom is 0.253 e. The molecular weight excluding hydrogens is 306 g/mol. The van der Waals surface area contributed by atoms with Gasteiger partial charge in [-0.1, -0.05) is 24.3 Å². The van der Waals surface area contributed by atoms with Crippen LogP contribution < -0.4 is 9.64 Å². The maximum absolute atomic E-state index is 12.3. The summed E-state index contributed by atoms with van der Waals surface area (Å²) in [5.41, 5.74) is 4.02. The molecule has 0 N–H and O–H groups in total. The molecular formula is C19H21NO4. The molecule has 2 aromatic carbocycles. The van der Waals surface area contributed by atoms with Crippen LogP contribution in [0.15, 0.2) is 42.5 Å². The van der Waals surface area contributed by atoms with Crippen LogP contribution in [-0.2, 0) is 20.9 Å². The fraction of sp³-hybridized carbons (Fsp3) is 0.316. The third kappa shape index (κ3) is 3.42.